The van der Waals surface area contributed by atoms with Crippen LogP contribution in [0.3, 0.4) is 0 Å². The first-order valence-electron chi connectivity index (χ1n) is 7.55. The molecule has 2 aromatic rings. The predicted molar refractivity (Wildman–Crippen MR) is 85.0 cm³/mol. The lowest BCUT2D eigenvalue weighted by Crippen LogP contribution is -2.22. The number of nitrogens with one attached hydrogen (secondary N) is 1. The van der Waals surface area contributed by atoms with Crippen LogP contribution in [-0.2, 0) is 4.74 Å². The quantitative estimate of drug-likeness (QED) is 0.886. The Kier molecular flexibility index (Phi) is 4.74. The van der Waals surface area contributed by atoms with Gasteiger partial charge in [0.2, 0.25) is 0 Å². The zero-order valence-corrected chi connectivity index (χ0v) is 12.1. The zero-order valence-electron chi connectivity index (χ0n) is 12.1. The number of anilines is 1. The van der Waals surface area contributed by atoms with E-state index in [1.165, 1.54) is 0 Å². The maximum atomic E-state index is 5.85. The molecule has 0 unspecified atom stereocenters. The molecule has 3 nitrogen and oxygen atoms in total. The molecule has 1 saturated heterocycles. The van der Waals surface area contributed by atoms with Gasteiger partial charge < -0.3 is 14.8 Å². The highest BCUT2D eigenvalue weighted by Gasteiger charge is 2.13. The molecule has 1 fully saturated rings. The van der Waals surface area contributed by atoms with Crippen molar-refractivity contribution in [1.82, 2.24) is 0 Å². The van der Waals surface area contributed by atoms with Crippen molar-refractivity contribution < 1.29 is 9.47 Å². The average Bonchev–Trinajstić information content (AvgIpc) is 2.55. The number of hydrogen-bond donors (Lipinski definition) is 1. The molecule has 0 aliphatic carbocycles. The van der Waals surface area contributed by atoms with E-state index in [1.807, 2.05) is 48.5 Å². The molecule has 1 aliphatic rings. The van der Waals surface area contributed by atoms with Crippen LogP contribution in [0.5, 0.6) is 11.5 Å². The zero-order chi connectivity index (χ0) is 14.3. The summed E-state index contributed by atoms with van der Waals surface area (Å²) < 4.78 is 11.2. The van der Waals surface area contributed by atoms with Crippen LogP contribution >= 0.6 is 0 Å². The first kappa shape index (κ1) is 14.0. The highest BCUT2D eigenvalue weighted by Crippen LogP contribution is 2.24. The molecule has 0 bridgehead atoms. The highest BCUT2D eigenvalue weighted by molar-refractivity contribution is 5.49. The third-order valence-electron chi connectivity index (χ3n) is 3.75. The Morgan fingerprint density at radius 3 is 2.52 bits per heavy atom. The summed E-state index contributed by atoms with van der Waals surface area (Å²) in [6.07, 6.45) is 2.29. The predicted octanol–water partition coefficient (Wildman–Crippen LogP) is 4.32. The molecule has 0 atom stereocenters. The van der Waals surface area contributed by atoms with Crippen LogP contribution in [0.2, 0.25) is 0 Å². The van der Waals surface area contributed by atoms with E-state index in [0.717, 1.165) is 49.8 Å². The van der Waals surface area contributed by atoms with E-state index in [4.69, 9.17) is 9.47 Å². The van der Waals surface area contributed by atoms with E-state index in [1.54, 1.807) is 0 Å². The van der Waals surface area contributed by atoms with Crippen molar-refractivity contribution in [2.45, 2.75) is 12.8 Å². The minimum absolute atomic E-state index is 0.706. The third-order valence-corrected chi connectivity index (χ3v) is 3.75. The second kappa shape index (κ2) is 7.14. The molecule has 3 heteroatoms. The summed E-state index contributed by atoms with van der Waals surface area (Å²) in [7, 11) is 0. The summed E-state index contributed by atoms with van der Waals surface area (Å²) in [5.41, 5.74) is 1.11. The summed E-state index contributed by atoms with van der Waals surface area (Å²) in [5.74, 6) is 2.43. The van der Waals surface area contributed by atoms with Crippen LogP contribution < -0.4 is 10.1 Å². The van der Waals surface area contributed by atoms with Crippen molar-refractivity contribution >= 4 is 5.69 Å². The van der Waals surface area contributed by atoms with Crippen LogP contribution in [-0.4, -0.2) is 19.8 Å². The van der Waals surface area contributed by atoms with E-state index < -0.39 is 0 Å². The molecule has 0 aromatic heterocycles. The first-order chi connectivity index (χ1) is 10.4. The molecule has 110 valence electrons. The second-order valence-electron chi connectivity index (χ2n) is 5.38. The molecular weight excluding hydrogens is 262 g/mol. The minimum atomic E-state index is 0.706. The Morgan fingerprint density at radius 2 is 1.71 bits per heavy atom. The van der Waals surface area contributed by atoms with Gasteiger partial charge in [-0.2, -0.15) is 0 Å². The molecular formula is C18H21NO2. The van der Waals surface area contributed by atoms with Gasteiger partial charge in [0, 0.05) is 31.5 Å². The molecule has 2 aromatic carbocycles. The van der Waals surface area contributed by atoms with Gasteiger partial charge in [-0.1, -0.05) is 24.3 Å². The number of rotatable bonds is 5. The molecule has 1 heterocycles. The summed E-state index contributed by atoms with van der Waals surface area (Å²) in [5, 5.41) is 3.50. The van der Waals surface area contributed by atoms with Crippen molar-refractivity contribution in [2.24, 2.45) is 5.92 Å². The van der Waals surface area contributed by atoms with Crippen LogP contribution in [0.1, 0.15) is 12.8 Å². The Hall–Kier alpha value is -2.00. The van der Waals surface area contributed by atoms with Gasteiger partial charge in [0.15, 0.2) is 0 Å². The van der Waals surface area contributed by atoms with Crippen molar-refractivity contribution in [2.75, 3.05) is 25.1 Å². The second-order valence-corrected chi connectivity index (χ2v) is 5.38. The summed E-state index contributed by atoms with van der Waals surface area (Å²) in [6.45, 7) is 2.78. The fourth-order valence-corrected chi connectivity index (χ4v) is 2.51. The minimum Gasteiger partial charge on any atom is -0.457 e. The van der Waals surface area contributed by atoms with Gasteiger partial charge in [0.25, 0.3) is 0 Å². The third kappa shape index (κ3) is 4.23. The van der Waals surface area contributed by atoms with Gasteiger partial charge in [-0.15, -0.1) is 0 Å². The fourth-order valence-electron chi connectivity index (χ4n) is 2.51. The van der Waals surface area contributed by atoms with Gasteiger partial charge in [-0.25, -0.2) is 0 Å². The van der Waals surface area contributed by atoms with E-state index in [2.05, 4.69) is 11.4 Å². The Labute approximate surface area is 125 Å². The largest absolute Gasteiger partial charge is 0.457 e. The maximum Gasteiger partial charge on any atom is 0.129 e. The van der Waals surface area contributed by atoms with Crippen molar-refractivity contribution in [3.05, 3.63) is 54.6 Å². The average molecular weight is 283 g/mol. The summed E-state index contributed by atoms with van der Waals surface area (Å²) in [6, 6.07) is 18.0. The lowest BCUT2D eigenvalue weighted by molar-refractivity contribution is 0.0699. The normalized spacial score (nSPS) is 15.6. The van der Waals surface area contributed by atoms with Crippen LogP contribution in [0, 0.1) is 5.92 Å². The maximum absolute atomic E-state index is 5.85. The van der Waals surface area contributed by atoms with Gasteiger partial charge in [-0.3, -0.25) is 0 Å². The molecule has 21 heavy (non-hydrogen) atoms. The first-order valence-corrected chi connectivity index (χ1v) is 7.55. The van der Waals surface area contributed by atoms with Crippen molar-refractivity contribution in [3.63, 3.8) is 0 Å². The van der Waals surface area contributed by atoms with Crippen LogP contribution in [0.15, 0.2) is 54.6 Å². The Balaban J connectivity index is 1.57. The van der Waals surface area contributed by atoms with Gasteiger partial charge in [-0.05, 0) is 43.0 Å². The van der Waals surface area contributed by atoms with Gasteiger partial charge in [0.1, 0.15) is 11.5 Å². The standard InChI is InChI=1S/C18H21NO2/c1-2-6-17(7-3-1)21-18-8-4-5-16(13-18)19-14-15-9-11-20-12-10-15/h1-8,13,15,19H,9-12,14H2. The van der Waals surface area contributed by atoms with Crippen molar-refractivity contribution in [1.29, 1.82) is 0 Å². The van der Waals surface area contributed by atoms with Crippen LogP contribution in [0.25, 0.3) is 0 Å². The number of ether oxygens (including phenoxy) is 2. The molecule has 0 saturated carbocycles. The molecule has 1 N–H and O–H groups in total. The topological polar surface area (TPSA) is 30.5 Å². The molecule has 0 spiro atoms. The molecule has 0 radical (unpaired) electrons. The van der Waals surface area contributed by atoms with E-state index in [0.29, 0.717) is 5.92 Å². The summed E-state index contributed by atoms with van der Waals surface area (Å²) >= 11 is 0. The summed E-state index contributed by atoms with van der Waals surface area (Å²) in [4.78, 5) is 0. The van der Waals surface area contributed by atoms with Gasteiger partial charge in [0.05, 0.1) is 0 Å². The smallest absolute Gasteiger partial charge is 0.129 e. The lowest BCUT2D eigenvalue weighted by atomic mass is 10.0. The monoisotopic (exact) mass is 283 g/mol. The van der Waals surface area contributed by atoms with E-state index in [9.17, 15) is 0 Å². The van der Waals surface area contributed by atoms with Crippen LogP contribution in [0.4, 0.5) is 5.69 Å². The van der Waals surface area contributed by atoms with E-state index >= 15 is 0 Å². The fraction of sp³-hybridized carbons (Fsp3) is 0.333. The Morgan fingerprint density at radius 1 is 0.952 bits per heavy atom. The number of benzene rings is 2. The highest BCUT2D eigenvalue weighted by atomic mass is 16.5. The SMILES string of the molecule is c1ccc(Oc2cccc(NCC3CCOCC3)c2)cc1. The van der Waals surface area contributed by atoms with E-state index in [-0.39, 0.29) is 0 Å². The molecule has 1 aliphatic heterocycles. The number of para-hydroxylation sites is 1. The Bertz CT molecular complexity index is 550. The number of hydrogen-bond acceptors (Lipinski definition) is 3. The van der Waals surface area contributed by atoms with Gasteiger partial charge >= 0.3 is 0 Å². The lowest BCUT2D eigenvalue weighted by Gasteiger charge is -2.22. The molecule has 0 amide bonds. The van der Waals surface area contributed by atoms with Crippen molar-refractivity contribution in [3.8, 4) is 11.5 Å². The molecule has 3 rings (SSSR count).